The highest BCUT2D eigenvalue weighted by Crippen LogP contribution is 2.16. The Balaban J connectivity index is 2.65. The molecule has 0 spiro atoms. The molecule has 1 aromatic rings. The molecule has 20 heavy (non-hydrogen) atoms. The molecule has 6 nitrogen and oxygen atoms in total. The molecule has 0 fully saturated rings. The van der Waals surface area contributed by atoms with Crippen LogP contribution in [0.5, 0.6) is 0 Å². The van der Waals surface area contributed by atoms with Crippen molar-refractivity contribution in [3.8, 4) is 0 Å². The molecular formula is C13H26N4O2S. The topological polar surface area (TPSA) is 101 Å². The van der Waals surface area contributed by atoms with Gasteiger partial charge >= 0.3 is 0 Å². The molecule has 1 unspecified atom stereocenters. The molecule has 0 aliphatic heterocycles. The highest BCUT2D eigenvalue weighted by molar-refractivity contribution is 7.89. The van der Waals surface area contributed by atoms with Crippen LogP contribution in [0.3, 0.4) is 0 Å². The highest BCUT2D eigenvalue weighted by atomic mass is 32.2. The quantitative estimate of drug-likeness (QED) is 0.606. The minimum Gasteiger partial charge on any atom is -0.326 e. The van der Waals surface area contributed by atoms with Gasteiger partial charge in [0, 0.05) is 23.8 Å². The minimum absolute atomic E-state index is 0.0258. The number of aromatic nitrogens is 2. The monoisotopic (exact) mass is 302 g/mol. The van der Waals surface area contributed by atoms with Gasteiger partial charge in [0.25, 0.3) is 10.0 Å². The number of hydrogen-bond donors (Lipinski definition) is 3. The lowest BCUT2D eigenvalue weighted by atomic mass is 10.1. The van der Waals surface area contributed by atoms with Gasteiger partial charge in [0.15, 0.2) is 5.03 Å². The lowest BCUT2D eigenvalue weighted by Crippen LogP contribution is -2.33. The smallest absolute Gasteiger partial charge is 0.260 e. The van der Waals surface area contributed by atoms with Crippen LogP contribution < -0.4 is 10.5 Å². The average molecular weight is 302 g/mol. The van der Waals surface area contributed by atoms with Gasteiger partial charge in [-0.2, -0.15) is 5.10 Å². The molecule has 116 valence electrons. The number of nitrogens with one attached hydrogen (secondary N) is 2. The Hall–Kier alpha value is -0.920. The number of rotatable bonds is 9. The van der Waals surface area contributed by atoms with Gasteiger partial charge in [-0.05, 0) is 20.3 Å². The zero-order chi connectivity index (χ0) is 15.2. The first-order chi connectivity index (χ1) is 9.42. The van der Waals surface area contributed by atoms with E-state index in [0.29, 0.717) is 11.3 Å². The maximum Gasteiger partial charge on any atom is 0.260 e. The molecular weight excluding hydrogens is 276 g/mol. The van der Waals surface area contributed by atoms with Gasteiger partial charge in [-0.3, -0.25) is 5.10 Å². The summed E-state index contributed by atoms with van der Waals surface area (Å²) in [6.07, 6.45) is 5.36. The van der Waals surface area contributed by atoms with Crippen molar-refractivity contribution in [1.82, 2.24) is 14.9 Å². The van der Waals surface area contributed by atoms with Crippen molar-refractivity contribution in [3.63, 3.8) is 0 Å². The van der Waals surface area contributed by atoms with Crippen LogP contribution >= 0.6 is 0 Å². The van der Waals surface area contributed by atoms with Crippen LogP contribution in [-0.2, 0) is 16.6 Å². The van der Waals surface area contributed by atoms with Crippen LogP contribution in [0.4, 0.5) is 0 Å². The lowest BCUT2D eigenvalue weighted by molar-refractivity contribution is 0.519. The summed E-state index contributed by atoms with van der Waals surface area (Å²) in [6, 6.07) is -0.0977. The van der Waals surface area contributed by atoms with E-state index in [4.69, 9.17) is 5.73 Å². The number of aryl methyl sites for hydroxylation is 1. The van der Waals surface area contributed by atoms with Crippen molar-refractivity contribution in [2.45, 2.75) is 70.5 Å². The third kappa shape index (κ3) is 4.57. The average Bonchev–Trinajstić information content (AvgIpc) is 2.76. The molecule has 1 rings (SSSR count). The summed E-state index contributed by atoms with van der Waals surface area (Å²) in [5, 5.41) is 6.57. The van der Waals surface area contributed by atoms with E-state index in [9.17, 15) is 8.42 Å². The minimum atomic E-state index is -3.60. The molecule has 1 heterocycles. The molecule has 1 atom stereocenters. The predicted octanol–water partition coefficient (Wildman–Crippen LogP) is 1.81. The van der Waals surface area contributed by atoms with Crippen molar-refractivity contribution in [1.29, 1.82) is 0 Å². The van der Waals surface area contributed by atoms with Gasteiger partial charge in [0.2, 0.25) is 0 Å². The number of nitrogens with zero attached hydrogens (tertiary/aromatic N) is 1. The molecule has 4 N–H and O–H groups in total. The Kier molecular flexibility index (Phi) is 6.64. The number of nitrogens with two attached hydrogens (primary N) is 1. The molecule has 0 amide bonds. The fourth-order valence-electron chi connectivity index (χ4n) is 2.15. The second-order valence-corrected chi connectivity index (χ2v) is 6.84. The van der Waals surface area contributed by atoms with Gasteiger partial charge in [-0.25, -0.2) is 13.1 Å². The van der Waals surface area contributed by atoms with Crippen molar-refractivity contribution in [3.05, 3.63) is 11.3 Å². The fourth-order valence-corrected chi connectivity index (χ4v) is 3.64. The van der Waals surface area contributed by atoms with Crippen LogP contribution in [0.1, 0.15) is 57.2 Å². The van der Waals surface area contributed by atoms with Crippen molar-refractivity contribution in [2.24, 2.45) is 5.73 Å². The summed E-state index contributed by atoms with van der Waals surface area (Å²) in [5.74, 6) is 0. The summed E-state index contributed by atoms with van der Waals surface area (Å²) in [4.78, 5) is 0. The number of sulfonamides is 1. The van der Waals surface area contributed by atoms with Gasteiger partial charge < -0.3 is 5.73 Å². The summed E-state index contributed by atoms with van der Waals surface area (Å²) < 4.78 is 27.2. The Morgan fingerprint density at radius 3 is 2.65 bits per heavy atom. The second kappa shape index (κ2) is 7.75. The number of H-pyrrole nitrogens is 1. The predicted molar refractivity (Wildman–Crippen MR) is 79.8 cm³/mol. The normalized spacial score (nSPS) is 13.6. The van der Waals surface area contributed by atoms with Gasteiger partial charge in [-0.1, -0.05) is 32.6 Å². The summed E-state index contributed by atoms with van der Waals surface area (Å²) in [7, 11) is -3.60. The number of aromatic amines is 1. The first kappa shape index (κ1) is 17.1. The largest absolute Gasteiger partial charge is 0.326 e. The fraction of sp³-hybridized carbons (Fsp3) is 0.769. The maximum absolute atomic E-state index is 12.3. The third-order valence-corrected chi connectivity index (χ3v) is 4.90. The van der Waals surface area contributed by atoms with Crippen molar-refractivity contribution < 1.29 is 8.42 Å². The third-order valence-electron chi connectivity index (χ3n) is 3.34. The second-order valence-electron chi connectivity index (χ2n) is 5.21. The van der Waals surface area contributed by atoms with Crippen LogP contribution in [0, 0.1) is 6.92 Å². The van der Waals surface area contributed by atoms with Crippen LogP contribution in [0.25, 0.3) is 0 Å². The molecule has 1 aromatic heterocycles. The Morgan fingerprint density at radius 2 is 2.05 bits per heavy atom. The van der Waals surface area contributed by atoms with E-state index in [0.717, 1.165) is 19.3 Å². The SMILES string of the molecule is CCCCCCC(C)NS(=O)(=O)c1n[nH]c(C)c1CN. The van der Waals surface area contributed by atoms with E-state index >= 15 is 0 Å². The molecule has 0 aromatic carbocycles. The van der Waals surface area contributed by atoms with E-state index < -0.39 is 10.0 Å². The van der Waals surface area contributed by atoms with E-state index in [-0.39, 0.29) is 17.6 Å². The Labute approximate surface area is 121 Å². The molecule has 0 aliphatic carbocycles. The van der Waals surface area contributed by atoms with Crippen LogP contribution in [-0.4, -0.2) is 24.7 Å². The molecule has 0 radical (unpaired) electrons. The molecule has 0 aliphatic rings. The van der Waals surface area contributed by atoms with E-state index in [2.05, 4.69) is 21.8 Å². The van der Waals surface area contributed by atoms with Gasteiger partial charge in [0.05, 0.1) is 0 Å². The standard InChI is InChI=1S/C13H26N4O2S/c1-4-5-6-7-8-10(2)17-20(18,19)13-12(9-14)11(3)15-16-13/h10,17H,4-9,14H2,1-3H3,(H,15,16). The van der Waals surface area contributed by atoms with Crippen molar-refractivity contribution >= 4 is 10.0 Å². The molecule has 7 heteroatoms. The summed E-state index contributed by atoms with van der Waals surface area (Å²) in [5.41, 5.74) is 6.83. The summed E-state index contributed by atoms with van der Waals surface area (Å²) >= 11 is 0. The first-order valence-electron chi connectivity index (χ1n) is 7.18. The zero-order valence-corrected chi connectivity index (χ0v) is 13.4. The van der Waals surface area contributed by atoms with Crippen molar-refractivity contribution in [2.75, 3.05) is 0 Å². The van der Waals surface area contributed by atoms with Gasteiger partial charge in [0.1, 0.15) is 0 Å². The molecule has 0 saturated carbocycles. The Bertz CT molecular complexity index is 510. The van der Waals surface area contributed by atoms with Crippen LogP contribution in [0.15, 0.2) is 5.03 Å². The first-order valence-corrected chi connectivity index (χ1v) is 8.67. The number of unbranched alkanes of at least 4 members (excludes halogenated alkanes) is 3. The van der Waals surface area contributed by atoms with Gasteiger partial charge in [-0.15, -0.1) is 0 Å². The molecule has 0 bridgehead atoms. The van der Waals surface area contributed by atoms with E-state index in [1.807, 2.05) is 6.92 Å². The lowest BCUT2D eigenvalue weighted by Gasteiger charge is -2.13. The maximum atomic E-state index is 12.3. The van der Waals surface area contributed by atoms with E-state index in [1.165, 1.54) is 12.8 Å². The van der Waals surface area contributed by atoms with Crippen LogP contribution in [0.2, 0.25) is 0 Å². The highest BCUT2D eigenvalue weighted by Gasteiger charge is 2.24. The zero-order valence-electron chi connectivity index (χ0n) is 12.6. The summed E-state index contributed by atoms with van der Waals surface area (Å²) in [6.45, 7) is 5.96. The Morgan fingerprint density at radius 1 is 1.35 bits per heavy atom. The number of hydrogen-bond acceptors (Lipinski definition) is 4. The molecule has 0 saturated heterocycles. The van der Waals surface area contributed by atoms with E-state index in [1.54, 1.807) is 6.92 Å².